The lowest BCUT2D eigenvalue weighted by atomic mass is 10.0. The summed E-state index contributed by atoms with van der Waals surface area (Å²) in [7, 11) is 3.03. The van der Waals surface area contributed by atoms with Gasteiger partial charge in [0.2, 0.25) is 0 Å². The standard InChI is InChI=1S/C21H24N2O5/c1-26-17-9-6-10-18(27-2)19(17)20(24)22-15-11-13-23(14-12-15)21(25)28-16-7-4-3-5-8-16/h3-10,15H,11-14H2,1-2H3,(H,22,24). The van der Waals surface area contributed by atoms with Gasteiger partial charge in [-0.1, -0.05) is 24.3 Å². The van der Waals surface area contributed by atoms with Gasteiger partial charge in [0.1, 0.15) is 22.8 Å². The third-order valence-corrected chi connectivity index (χ3v) is 4.69. The Morgan fingerprint density at radius 2 is 1.54 bits per heavy atom. The quantitative estimate of drug-likeness (QED) is 0.857. The number of piperidine rings is 1. The first kappa shape index (κ1) is 19.5. The Bertz CT molecular complexity index is 795. The molecule has 0 bridgehead atoms. The average molecular weight is 384 g/mol. The molecule has 148 valence electrons. The second kappa shape index (κ2) is 9.12. The first-order valence-electron chi connectivity index (χ1n) is 9.16. The smallest absolute Gasteiger partial charge is 0.415 e. The Labute approximate surface area is 164 Å². The molecule has 0 atom stereocenters. The number of nitrogens with one attached hydrogen (secondary N) is 1. The zero-order chi connectivity index (χ0) is 19.9. The third-order valence-electron chi connectivity index (χ3n) is 4.69. The van der Waals surface area contributed by atoms with Crippen LogP contribution < -0.4 is 19.5 Å². The van der Waals surface area contributed by atoms with Gasteiger partial charge in [-0.15, -0.1) is 0 Å². The minimum absolute atomic E-state index is 0.0390. The van der Waals surface area contributed by atoms with E-state index in [-0.39, 0.29) is 18.0 Å². The van der Waals surface area contributed by atoms with Crippen molar-refractivity contribution in [2.24, 2.45) is 0 Å². The van der Waals surface area contributed by atoms with Crippen molar-refractivity contribution in [3.8, 4) is 17.2 Å². The lowest BCUT2D eigenvalue weighted by Crippen LogP contribution is -2.47. The molecule has 1 aliphatic heterocycles. The summed E-state index contributed by atoms with van der Waals surface area (Å²) in [4.78, 5) is 26.7. The SMILES string of the molecule is COc1cccc(OC)c1C(=O)NC1CCN(C(=O)Oc2ccccc2)CC1. The summed E-state index contributed by atoms with van der Waals surface area (Å²) in [6.07, 6.45) is 0.919. The molecule has 3 rings (SSSR count). The molecule has 1 heterocycles. The van der Waals surface area contributed by atoms with E-state index in [1.807, 2.05) is 18.2 Å². The molecule has 1 saturated heterocycles. The number of carbonyl (C=O) groups is 2. The van der Waals surface area contributed by atoms with Crippen LogP contribution in [0.2, 0.25) is 0 Å². The van der Waals surface area contributed by atoms with Crippen LogP contribution in [0.5, 0.6) is 17.2 Å². The Kier molecular flexibility index (Phi) is 6.37. The summed E-state index contributed by atoms with van der Waals surface area (Å²) < 4.78 is 16.0. The van der Waals surface area contributed by atoms with Crippen LogP contribution in [-0.4, -0.2) is 50.3 Å². The number of rotatable bonds is 5. The van der Waals surface area contributed by atoms with Gasteiger partial charge >= 0.3 is 6.09 Å². The van der Waals surface area contributed by atoms with E-state index < -0.39 is 0 Å². The fourth-order valence-corrected chi connectivity index (χ4v) is 3.19. The van der Waals surface area contributed by atoms with E-state index in [0.29, 0.717) is 48.7 Å². The highest BCUT2D eigenvalue weighted by Gasteiger charge is 2.27. The summed E-state index contributed by atoms with van der Waals surface area (Å²) in [6, 6.07) is 14.2. The number of likely N-dealkylation sites (tertiary alicyclic amines) is 1. The molecule has 0 unspecified atom stereocenters. The van der Waals surface area contributed by atoms with E-state index in [1.54, 1.807) is 35.2 Å². The third kappa shape index (κ3) is 4.54. The summed E-state index contributed by atoms with van der Waals surface area (Å²) in [6.45, 7) is 1.03. The van der Waals surface area contributed by atoms with Crippen molar-refractivity contribution in [3.63, 3.8) is 0 Å². The van der Waals surface area contributed by atoms with Crippen molar-refractivity contribution >= 4 is 12.0 Å². The molecule has 28 heavy (non-hydrogen) atoms. The molecule has 0 aromatic heterocycles. The predicted molar refractivity (Wildman–Crippen MR) is 104 cm³/mol. The van der Waals surface area contributed by atoms with Crippen molar-refractivity contribution in [1.29, 1.82) is 0 Å². The van der Waals surface area contributed by atoms with E-state index in [2.05, 4.69) is 5.32 Å². The van der Waals surface area contributed by atoms with Crippen LogP contribution in [0.1, 0.15) is 23.2 Å². The van der Waals surface area contributed by atoms with E-state index in [0.717, 1.165) is 0 Å². The van der Waals surface area contributed by atoms with Crippen molar-refractivity contribution < 1.29 is 23.8 Å². The summed E-state index contributed by atoms with van der Waals surface area (Å²) in [5.41, 5.74) is 0.374. The first-order valence-corrected chi connectivity index (χ1v) is 9.16. The van der Waals surface area contributed by atoms with Gasteiger partial charge < -0.3 is 24.4 Å². The van der Waals surface area contributed by atoms with E-state index in [9.17, 15) is 9.59 Å². The van der Waals surface area contributed by atoms with Crippen LogP contribution >= 0.6 is 0 Å². The highest BCUT2D eigenvalue weighted by Crippen LogP contribution is 2.28. The van der Waals surface area contributed by atoms with Crippen molar-refractivity contribution in [3.05, 3.63) is 54.1 Å². The van der Waals surface area contributed by atoms with E-state index in [1.165, 1.54) is 14.2 Å². The second-order valence-corrected chi connectivity index (χ2v) is 6.45. The van der Waals surface area contributed by atoms with Crippen LogP contribution in [0.3, 0.4) is 0 Å². The summed E-state index contributed by atoms with van der Waals surface area (Å²) in [5, 5.41) is 3.02. The zero-order valence-electron chi connectivity index (χ0n) is 16.0. The normalized spacial score (nSPS) is 14.3. The number of ether oxygens (including phenoxy) is 3. The molecule has 1 N–H and O–H groups in total. The van der Waals surface area contributed by atoms with Gasteiger partial charge in [-0.25, -0.2) is 4.79 Å². The zero-order valence-corrected chi connectivity index (χ0v) is 16.0. The number of amides is 2. The lowest BCUT2D eigenvalue weighted by Gasteiger charge is -2.31. The van der Waals surface area contributed by atoms with E-state index >= 15 is 0 Å². The molecule has 1 aliphatic rings. The molecular weight excluding hydrogens is 360 g/mol. The summed E-state index contributed by atoms with van der Waals surface area (Å²) in [5.74, 6) is 1.19. The van der Waals surface area contributed by atoms with Gasteiger partial charge in [-0.2, -0.15) is 0 Å². The van der Waals surface area contributed by atoms with Crippen LogP contribution in [0.4, 0.5) is 4.79 Å². The lowest BCUT2D eigenvalue weighted by molar-refractivity contribution is 0.0904. The minimum atomic E-state index is -0.373. The van der Waals surface area contributed by atoms with E-state index in [4.69, 9.17) is 14.2 Å². The first-order chi connectivity index (χ1) is 13.6. The second-order valence-electron chi connectivity index (χ2n) is 6.45. The molecule has 7 nitrogen and oxygen atoms in total. The van der Waals surface area contributed by atoms with Crippen molar-refractivity contribution in [2.45, 2.75) is 18.9 Å². The molecule has 0 spiro atoms. The maximum Gasteiger partial charge on any atom is 0.415 e. The predicted octanol–water partition coefficient (Wildman–Crippen LogP) is 3.10. The van der Waals surface area contributed by atoms with Crippen LogP contribution in [0.15, 0.2) is 48.5 Å². The maximum atomic E-state index is 12.8. The molecule has 1 fully saturated rings. The molecule has 2 amide bonds. The van der Waals surface area contributed by atoms with Crippen LogP contribution in [0, 0.1) is 0 Å². The number of methoxy groups -OCH3 is 2. The topological polar surface area (TPSA) is 77.1 Å². The molecule has 0 saturated carbocycles. The highest BCUT2D eigenvalue weighted by molar-refractivity contribution is 5.99. The number of hydrogen-bond donors (Lipinski definition) is 1. The number of benzene rings is 2. The number of hydrogen-bond acceptors (Lipinski definition) is 5. The highest BCUT2D eigenvalue weighted by atomic mass is 16.6. The largest absolute Gasteiger partial charge is 0.496 e. The molecular formula is C21H24N2O5. The molecule has 7 heteroatoms. The maximum absolute atomic E-state index is 12.8. The van der Waals surface area contributed by atoms with Gasteiger partial charge in [-0.3, -0.25) is 4.79 Å². The number of carbonyl (C=O) groups excluding carboxylic acids is 2. The fraction of sp³-hybridized carbons (Fsp3) is 0.333. The molecule has 0 radical (unpaired) electrons. The van der Waals surface area contributed by atoms with Gasteiger partial charge in [0, 0.05) is 19.1 Å². The Morgan fingerprint density at radius 3 is 2.11 bits per heavy atom. The molecule has 0 aliphatic carbocycles. The average Bonchev–Trinajstić information content (AvgIpc) is 2.74. The van der Waals surface area contributed by atoms with Crippen molar-refractivity contribution in [1.82, 2.24) is 10.2 Å². The Balaban J connectivity index is 1.56. The van der Waals surface area contributed by atoms with Crippen LogP contribution in [-0.2, 0) is 0 Å². The summed E-state index contributed by atoms with van der Waals surface area (Å²) >= 11 is 0. The molecule has 2 aromatic rings. The van der Waals surface area contributed by atoms with Crippen molar-refractivity contribution in [2.75, 3.05) is 27.3 Å². The number of nitrogens with zero attached hydrogens (tertiary/aromatic N) is 1. The minimum Gasteiger partial charge on any atom is -0.496 e. The van der Waals surface area contributed by atoms with Gasteiger partial charge in [-0.05, 0) is 37.1 Å². The Morgan fingerprint density at radius 1 is 0.929 bits per heavy atom. The van der Waals surface area contributed by atoms with Gasteiger partial charge in [0.25, 0.3) is 5.91 Å². The molecule has 2 aromatic carbocycles. The monoisotopic (exact) mass is 384 g/mol. The Hall–Kier alpha value is -3.22. The number of para-hydroxylation sites is 1. The van der Waals surface area contributed by atoms with Gasteiger partial charge in [0.05, 0.1) is 14.2 Å². The fourth-order valence-electron chi connectivity index (χ4n) is 3.19. The van der Waals surface area contributed by atoms with Crippen LogP contribution in [0.25, 0.3) is 0 Å². The van der Waals surface area contributed by atoms with Gasteiger partial charge in [0.15, 0.2) is 0 Å².